The molecule has 2 N–H and O–H groups in total. The largest absolute Gasteiger partial charge is 0.495 e. The Labute approximate surface area is 213 Å². The number of unbranched alkanes of at least 4 members (excludes halogenated alkanes) is 1. The van der Waals surface area contributed by atoms with Crippen LogP contribution in [0.15, 0.2) is 18.3 Å². The van der Waals surface area contributed by atoms with Crippen molar-refractivity contribution in [3.63, 3.8) is 0 Å². The zero-order valence-electron chi connectivity index (χ0n) is 21.1. The van der Waals surface area contributed by atoms with Gasteiger partial charge in [0.25, 0.3) is 11.8 Å². The van der Waals surface area contributed by atoms with Crippen molar-refractivity contribution in [1.29, 1.82) is 0 Å². The molecule has 2 amide bonds. The third-order valence-corrected chi connectivity index (χ3v) is 6.73. The second-order valence-electron chi connectivity index (χ2n) is 9.30. The number of carbonyl (C=O) groups is 2. The quantitative estimate of drug-likeness (QED) is 0.502. The molecule has 1 saturated carbocycles. The first-order valence-electron chi connectivity index (χ1n) is 12.4. The molecule has 0 saturated heterocycles. The van der Waals surface area contributed by atoms with Crippen molar-refractivity contribution in [3.05, 3.63) is 29.7 Å². The van der Waals surface area contributed by atoms with E-state index in [-0.39, 0.29) is 40.5 Å². The van der Waals surface area contributed by atoms with Gasteiger partial charge in [0.05, 0.1) is 31.1 Å². The van der Waals surface area contributed by atoms with E-state index >= 15 is 0 Å². The van der Waals surface area contributed by atoms with Gasteiger partial charge in [0, 0.05) is 25.7 Å². The predicted octanol–water partition coefficient (Wildman–Crippen LogP) is 4.26. The maximum atomic E-state index is 14.9. The molecule has 0 radical (unpaired) electrons. The van der Waals surface area contributed by atoms with Gasteiger partial charge in [0.1, 0.15) is 17.3 Å². The van der Waals surface area contributed by atoms with Crippen LogP contribution in [0, 0.1) is 5.82 Å². The Morgan fingerprint density at radius 3 is 2.68 bits per heavy atom. The first-order valence-corrected chi connectivity index (χ1v) is 12.4. The number of anilines is 4. The fourth-order valence-corrected chi connectivity index (χ4v) is 4.69. The summed E-state index contributed by atoms with van der Waals surface area (Å²) in [5.74, 6) is -5.87. The number of ether oxygens (including phenoxy) is 1. The standard InChI is InChI=1S/C25H31F3N6O3/c1-4-5-10-29-22(35)16-11-20(37-3)18(12-17(16)26)31-24-30-13-19-21(32-24)34(15-8-6-7-9-15)14-25(27,28)23(36)33(19)2/h11-13,15H,4-10,14H2,1-3H3,(H,29,35)(H,30,31,32). The van der Waals surface area contributed by atoms with Crippen molar-refractivity contribution in [2.75, 3.05) is 42.4 Å². The van der Waals surface area contributed by atoms with Crippen LogP contribution >= 0.6 is 0 Å². The van der Waals surface area contributed by atoms with E-state index in [1.807, 2.05) is 6.92 Å². The van der Waals surface area contributed by atoms with Crippen LogP contribution in [-0.2, 0) is 4.79 Å². The van der Waals surface area contributed by atoms with Crippen molar-refractivity contribution in [1.82, 2.24) is 15.3 Å². The summed E-state index contributed by atoms with van der Waals surface area (Å²) in [6.07, 6.45) is 6.17. The van der Waals surface area contributed by atoms with Crippen molar-refractivity contribution in [2.24, 2.45) is 0 Å². The number of halogens is 3. The summed E-state index contributed by atoms with van der Waals surface area (Å²) in [6, 6.07) is 2.19. The molecule has 4 rings (SSSR count). The van der Waals surface area contributed by atoms with E-state index in [1.165, 1.54) is 31.3 Å². The number of hydrogen-bond donors (Lipinski definition) is 2. The minimum atomic E-state index is -3.59. The van der Waals surface area contributed by atoms with Gasteiger partial charge < -0.3 is 25.2 Å². The molecule has 2 heterocycles. The Balaban J connectivity index is 1.67. The highest BCUT2D eigenvalue weighted by molar-refractivity contribution is 6.02. The summed E-state index contributed by atoms with van der Waals surface area (Å²) in [5.41, 5.74) is 0.147. The smallest absolute Gasteiger partial charge is 0.342 e. The third-order valence-electron chi connectivity index (χ3n) is 6.73. The maximum absolute atomic E-state index is 14.9. The van der Waals surface area contributed by atoms with Crippen LogP contribution in [0.3, 0.4) is 0 Å². The number of alkyl halides is 2. The Bertz CT molecular complexity index is 1170. The molecule has 12 heteroatoms. The molecule has 1 aromatic carbocycles. The van der Waals surface area contributed by atoms with Gasteiger partial charge in [-0.2, -0.15) is 13.8 Å². The van der Waals surface area contributed by atoms with E-state index in [9.17, 15) is 22.8 Å². The number of rotatable bonds is 8. The van der Waals surface area contributed by atoms with E-state index < -0.39 is 30.1 Å². The van der Waals surface area contributed by atoms with Crippen molar-refractivity contribution in [3.8, 4) is 5.75 Å². The number of methoxy groups -OCH3 is 1. The lowest BCUT2D eigenvalue weighted by atomic mass is 10.1. The molecule has 200 valence electrons. The van der Waals surface area contributed by atoms with Gasteiger partial charge in [-0.25, -0.2) is 9.37 Å². The van der Waals surface area contributed by atoms with Crippen LogP contribution in [0.4, 0.5) is 36.3 Å². The zero-order chi connectivity index (χ0) is 26.7. The summed E-state index contributed by atoms with van der Waals surface area (Å²) in [6.45, 7) is 1.62. The predicted molar refractivity (Wildman–Crippen MR) is 133 cm³/mol. The number of nitrogens with one attached hydrogen (secondary N) is 2. The lowest BCUT2D eigenvalue weighted by molar-refractivity contribution is -0.140. The van der Waals surface area contributed by atoms with Gasteiger partial charge in [-0.05, 0) is 25.3 Å². The molecule has 9 nitrogen and oxygen atoms in total. The molecule has 0 spiro atoms. The summed E-state index contributed by atoms with van der Waals surface area (Å²) >= 11 is 0. The van der Waals surface area contributed by atoms with Crippen molar-refractivity contribution >= 4 is 35.0 Å². The summed E-state index contributed by atoms with van der Waals surface area (Å²) in [7, 11) is 2.64. The molecule has 0 bridgehead atoms. The number of amides is 2. The molecule has 1 fully saturated rings. The van der Waals surface area contributed by atoms with Gasteiger partial charge in [-0.15, -0.1) is 0 Å². The Hall–Kier alpha value is -3.57. The molecule has 37 heavy (non-hydrogen) atoms. The highest BCUT2D eigenvalue weighted by Crippen LogP contribution is 2.40. The number of nitrogens with zero attached hydrogens (tertiary/aromatic N) is 4. The van der Waals surface area contributed by atoms with E-state index in [1.54, 1.807) is 0 Å². The second kappa shape index (κ2) is 10.8. The van der Waals surface area contributed by atoms with Crippen molar-refractivity contribution < 1.29 is 27.5 Å². The average Bonchev–Trinajstić information content (AvgIpc) is 3.39. The normalized spacial score (nSPS) is 17.4. The van der Waals surface area contributed by atoms with Crippen LogP contribution in [0.2, 0.25) is 0 Å². The molecule has 0 atom stereocenters. The molecule has 2 aliphatic rings. The van der Waals surface area contributed by atoms with Gasteiger partial charge in [0.15, 0.2) is 5.82 Å². The Morgan fingerprint density at radius 1 is 1.27 bits per heavy atom. The number of fused-ring (bicyclic) bond motifs is 1. The number of carbonyl (C=O) groups excluding carboxylic acids is 2. The number of benzene rings is 1. The lowest BCUT2D eigenvalue weighted by Crippen LogP contribution is -2.48. The highest BCUT2D eigenvalue weighted by Gasteiger charge is 2.48. The van der Waals surface area contributed by atoms with Crippen LogP contribution < -0.4 is 25.2 Å². The first kappa shape index (κ1) is 26.5. The van der Waals surface area contributed by atoms with Crippen molar-refractivity contribution in [2.45, 2.75) is 57.4 Å². The van der Waals surface area contributed by atoms with E-state index in [0.29, 0.717) is 19.4 Å². The number of hydrogen-bond acceptors (Lipinski definition) is 7. The minimum Gasteiger partial charge on any atom is -0.495 e. The van der Waals surface area contributed by atoms with E-state index in [2.05, 4.69) is 20.6 Å². The molecule has 1 aliphatic carbocycles. The molecule has 2 aromatic rings. The third kappa shape index (κ3) is 5.42. The average molecular weight is 521 g/mol. The van der Waals surface area contributed by atoms with Gasteiger partial charge >= 0.3 is 5.92 Å². The first-order chi connectivity index (χ1) is 17.7. The Morgan fingerprint density at radius 2 is 2.00 bits per heavy atom. The van der Waals surface area contributed by atoms with Crippen LogP contribution in [-0.4, -0.2) is 61.0 Å². The van der Waals surface area contributed by atoms with Gasteiger partial charge in [0.2, 0.25) is 5.95 Å². The fraction of sp³-hybridized carbons (Fsp3) is 0.520. The highest BCUT2D eigenvalue weighted by atomic mass is 19.3. The van der Waals surface area contributed by atoms with Crippen LogP contribution in [0.25, 0.3) is 0 Å². The monoisotopic (exact) mass is 520 g/mol. The maximum Gasteiger partial charge on any atom is 0.342 e. The molecular formula is C25H31F3N6O3. The molecule has 1 aromatic heterocycles. The fourth-order valence-electron chi connectivity index (χ4n) is 4.69. The van der Waals surface area contributed by atoms with E-state index in [4.69, 9.17) is 4.74 Å². The number of aromatic nitrogens is 2. The summed E-state index contributed by atoms with van der Waals surface area (Å²) < 4.78 is 49.8. The van der Waals surface area contributed by atoms with Gasteiger partial charge in [-0.1, -0.05) is 26.2 Å². The summed E-state index contributed by atoms with van der Waals surface area (Å²) in [4.78, 5) is 35.9. The SMILES string of the molecule is CCCCNC(=O)c1cc(OC)c(Nc2ncc3c(n2)N(C2CCCC2)CC(F)(F)C(=O)N3C)cc1F. The second-order valence-corrected chi connectivity index (χ2v) is 9.30. The molecule has 1 aliphatic heterocycles. The summed E-state index contributed by atoms with van der Waals surface area (Å²) in [5, 5.41) is 5.54. The Kier molecular flexibility index (Phi) is 7.74. The zero-order valence-corrected chi connectivity index (χ0v) is 21.1. The van der Waals surface area contributed by atoms with Gasteiger partial charge in [-0.3, -0.25) is 9.59 Å². The lowest BCUT2D eigenvalue weighted by Gasteiger charge is -2.31. The topological polar surface area (TPSA) is 99.7 Å². The van der Waals surface area contributed by atoms with E-state index in [0.717, 1.165) is 36.6 Å². The van der Waals surface area contributed by atoms with Crippen LogP contribution in [0.1, 0.15) is 55.8 Å². The molecular weight excluding hydrogens is 489 g/mol. The van der Waals surface area contributed by atoms with Crippen LogP contribution in [0.5, 0.6) is 5.75 Å². The molecule has 0 unspecified atom stereocenters. The minimum absolute atomic E-state index is 0.00524.